The molecule has 0 saturated carbocycles. The van der Waals surface area contributed by atoms with E-state index in [-0.39, 0.29) is 18.4 Å². The van der Waals surface area contributed by atoms with Crippen LogP contribution in [0.15, 0.2) is 72.8 Å². The van der Waals surface area contributed by atoms with Crippen molar-refractivity contribution in [1.82, 2.24) is 10.2 Å². The van der Waals surface area contributed by atoms with Crippen molar-refractivity contribution in [2.45, 2.75) is 39.8 Å². The zero-order chi connectivity index (χ0) is 23.8. The summed E-state index contributed by atoms with van der Waals surface area (Å²) in [6, 6.07) is 22.9. The second kappa shape index (κ2) is 11.3. The summed E-state index contributed by atoms with van der Waals surface area (Å²) < 4.78 is 5.89. The van der Waals surface area contributed by atoms with Gasteiger partial charge in [0, 0.05) is 20.0 Å². The highest BCUT2D eigenvalue weighted by atomic mass is 16.5. The summed E-state index contributed by atoms with van der Waals surface area (Å²) in [6.45, 7) is 6.17. The average Bonchev–Trinajstić information content (AvgIpc) is 2.82. The van der Waals surface area contributed by atoms with E-state index in [1.165, 1.54) is 0 Å². The van der Waals surface area contributed by atoms with Gasteiger partial charge in [-0.1, -0.05) is 72.3 Å². The molecular formula is C28H32N2O3. The summed E-state index contributed by atoms with van der Waals surface area (Å²) in [4.78, 5) is 28.1. The lowest BCUT2D eigenvalue weighted by molar-refractivity contribution is -0.142. The first kappa shape index (κ1) is 24.1. The first-order valence-corrected chi connectivity index (χ1v) is 11.2. The van der Waals surface area contributed by atoms with Gasteiger partial charge < -0.3 is 15.0 Å². The molecule has 3 aromatic carbocycles. The van der Waals surface area contributed by atoms with Crippen LogP contribution >= 0.6 is 0 Å². The minimum absolute atomic E-state index is 0.141. The molecule has 0 unspecified atom stereocenters. The van der Waals surface area contributed by atoms with Gasteiger partial charge in [0.25, 0.3) is 5.91 Å². The molecule has 0 aliphatic heterocycles. The van der Waals surface area contributed by atoms with Crippen molar-refractivity contribution in [3.8, 4) is 5.75 Å². The van der Waals surface area contributed by atoms with Gasteiger partial charge in [0.1, 0.15) is 11.8 Å². The van der Waals surface area contributed by atoms with E-state index in [0.29, 0.717) is 18.7 Å². The Morgan fingerprint density at radius 2 is 1.61 bits per heavy atom. The number of benzene rings is 3. The van der Waals surface area contributed by atoms with Crippen molar-refractivity contribution in [1.29, 1.82) is 0 Å². The summed E-state index contributed by atoms with van der Waals surface area (Å²) in [5.41, 5.74) is 5.17. The van der Waals surface area contributed by atoms with Crippen LogP contribution in [0.5, 0.6) is 5.75 Å². The van der Waals surface area contributed by atoms with Gasteiger partial charge in [-0.05, 0) is 49.1 Å². The standard InChI is InChI=1S/C28H32N2O3/c1-20-14-15-26(22(3)16-20)33-19-27(31)30(18-24-13-9-8-10-21(24)2)25(28(32)29-4)17-23-11-6-5-7-12-23/h5-16,25H,17-19H2,1-4H3,(H,29,32)/t25-/m1/s1. The van der Waals surface area contributed by atoms with Crippen LogP contribution in [0.25, 0.3) is 0 Å². The fourth-order valence-electron chi connectivity index (χ4n) is 3.88. The second-order valence-corrected chi connectivity index (χ2v) is 8.33. The fourth-order valence-corrected chi connectivity index (χ4v) is 3.88. The summed E-state index contributed by atoms with van der Waals surface area (Å²) in [6.07, 6.45) is 0.418. The third-order valence-corrected chi connectivity index (χ3v) is 5.80. The Kier molecular flexibility index (Phi) is 8.25. The molecule has 33 heavy (non-hydrogen) atoms. The number of carbonyl (C=O) groups is 2. The topological polar surface area (TPSA) is 58.6 Å². The highest BCUT2D eigenvalue weighted by molar-refractivity contribution is 5.88. The Hall–Kier alpha value is -3.60. The minimum Gasteiger partial charge on any atom is -0.483 e. The number of rotatable bonds is 9. The summed E-state index contributed by atoms with van der Waals surface area (Å²) in [7, 11) is 1.60. The van der Waals surface area contributed by atoms with E-state index in [9.17, 15) is 9.59 Å². The van der Waals surface area contributed by atoms with Crippen LogP contribution in [0.2, 0.25) is 0 Å². The predicted molar refractivity (Wildman–Crippen MR) is 131 cm³/mol. The Morgan fingerprint density at radius 3 is 2.27 bits per heavy atom. The molecule has 3 rings (SSSR count). The van der Waals surface area contributed by atoms with E-state index in [0.717, 1.165) is 27.8 Å². The van der Waals surface area contributed by atoms with Gasteiger partial charge in [-0.2, -0.15) is 0 Å². The smallest absolute Gasteiger partial charge is 0.261 e. The normalized spacial score (nSPS) is 11.5. The molecule has 1 N–H and O–H groups in total. The number of ether oxygens (including phenoxy) is 1. The highest BCUT2D eigenvalue weighted by Gasteiger charge is 2.30. The first-order valence-electron chi connectivity index (χ1n) is 11.2. The van der Waals surface area contributed by atoms with Crippen LogP contribution in [0.3, 0.4) is 0 Å². The van der Waals surface area contributed by atoms with Crippen molar-refractivity contribution in [3.63, 3.8) is 0 Å². The minimum atomic E-state index is -0.660. The van der Waals surface area contributed by atoms with Gasteiger partial charge in [0.05, 0.1) is 0 Å². The fraction of sp³-hybridized carbons (Fsp3) is 0.286. The van der Waals surface area contributed by atoms with Crippen LogP contribution in [0.4, 0.5) is 0 Å². The van der Waals surface area contributed by atoms with Crippen LogP contribution < -0.4 is 10.1 Å². The van der Waals surface area contributed by atoms with Crippen molar-refractivity contribution >= 4 is 11.8 Å². The molecule has 0 aliphatic carbocycles. The molecule has 0 saturated heterocycles. The van der Waals surface area contributed by atoms with E-state index >= 15 is 0 Å². The number of carbonyl (C=O) groups excluding carboxylic acids is 2. The lowest BCUT2D eigenvalue weighted by Crippen LogP contribution is -2.51. The maximum atomic E-state index is 13.5. The van der Waals surface area contributed by atoms with Crippen molar-refractivity contribution in [2.24, 2.45) is 0 Å². The molecule has 0 spiro atoms. The molecule has 1 atom stereocenters. The van der Waals surface area contributed by atoms with Crippen LogP contribution in [-0.4, -0.2) is 36.4 Å². The Morgan fingerprint density at radius 1 is 0.909 bits per heavy atom. The number of hydrogen-bond donors (Lipinski definition) is 1. The summed E-state index contributed by atoms with van der Waals surface area (Å²) >= 11 is 0. The van der Waals surface area contributed by atoms with E-state index in [4.69, 9.17) is 4.74 Å². The van der Waals surface area contributed by atoms with E-state index in [1.807, 2.05) is 93.6 Å². The molecule has 172 valence electrons. The number of aryl methyl sites for hydroxylation is 3. The number of nitrogens with zero attached hydrogens (tertiary/aromatic N) is 1. The molecule has 0 heterocycles. The summed E-state index contributed by atoms with van der Waals surface area (Å²) in [5.74, 6) is 0.236. The molecule has 0 fully saturated rings. The predicted octanol–water partition coefficient (Wildman–Crippen LogP) is 4.38. The maximum Gasteiger partial charge on any atom is 0.261 e. The van der Waals surface area contributed by atoms with Crippen LogP contribution in [0.1, 0.15) is 27.8 Å². The molecule has 0 bridgehead atoms. The molecule has 0 aromatic heterocycles. The Labute approximate surface area is 196 Å². The molecule has 0 radical (unpaired) electrons. The lowest BCUT2D eigenvalue weighted by atomic mass is 10.0. The van der Waals surface area contributed by atoms with Gasteiger partial charge in [-0.15, -0.1) is 0 Å². The zero-order valence-electron chi connectivity index (χ0n) is 19.8. The molecule has 0 aliphatic rings. The highest BCUT2D eigenvalue weighted by Crippen LogP contribution is 2.20. The number of likely N-dealkylation sites (N-methyl/N-ethyl adjacent to an activating group) is 1. The first-order chi connectivity index (χ1) is 15.9. The molecule has 2 amide bonds. The van der Waals surface area contributed by atoms with Crippen molar-refractivity contribution < 1.29 is 14.3 Å². The van der Waals surface area contributed by atoms with E-state index < -0.39 is 6.04 Å². The Balaban J connectivity index is 1.89. The molecule has 3 aromatic rings. The zero-order valence-corrected chi connectivity index (χ0v) is 19.8. The quantitative estimate of drug-likeness (QED) is 0.533. The van der Waals surface area contributed by atoms with Gasteiger partial charge >= 0.3 is 0 Å². The largest absolute Gasteiger partial charge is 0.483 e. The monoisotopic (exact) mass is 444 g/mol. The Bertz CT molecular complexity index is 1100. The molecular weight excluding hydrogens is 412 g/mol. The maximum absolute atomic E-state index is 13.5. The van der Waals surface area contributed by atoms with Crippen LogP contribution in [0, 0.1) is 20.8 Å². The number of nitrogens with one attached hydrogen (secondary N) is 1. The van der Waals surface area contributed by atoms with Crippen molar-refractivity contribution in [2.75, 3.05) is 13.7 Å². The third kappa shape index (κ3) is 6.45. The third-order valence-electron chi connectivity index (χ3n) is 5.80. The van der Waals surface area contributed by atoms with Crippen LogP contribution in [-0.2, 0) is 22.6 Å². The lowest BCUT2D eigenvalue weighted by Gasteiger charge is -2.31. The molecule has 5 heteroatoms. The number of hydrogen-bond acceptors (Lipinski definition) is 3. The van der Waals surface area contributed by atoms with Crippen molar-refractivity contribution in [3.05, 3.63) is 101 Å². The van der Waals surface area contributed by atoms with Gasteiger partial charge in [0.2, 0.25) is 5.91 Å². The summed E-state index contributed by atoms with van der Waals surface area (Å²) in [5, 5.41) is 2.74. The second-order valence-electron chi connectivity index (χ2n) is 8.33. The SMILES string of the molecule is CNC(=O)[C@@H](Cc1ccccc1)N(Cc1ccccc1C)C(=O)COc1ccc(C)cc1C. The van der Waals surface area contributed by atoms with Gasteiger partial charge in [-0.3, -0.25) is 9.59 Å². The van der Waals surface area contributed by atoms with Gasteiger partial charge in [0.15, 0.2) is 6.61 Å². The van der Waals surface area contributed by atoms with Gasteiger partial charge in [-0.25, -0.2) is 0 Å². The van der Waals surface area contributed by atoms with E-state index in [1.54, 1.807) is 11.9 Å². The number of amides is 2. The average molecular weight is 445 g/mol. The van der Waals surface area contributed by atoms with E-state index in [2.05, 4.69) is 5.32 Å². The molecule has 5 nitrogen and oxygen atoms in total.